The molecule has 0 aliphatic carbocycles. The lowest BCUT2D eigenvalue weighted by atomic mass is 10.3. The van der Waals surface area contributed by atoms with Gasteiger partial charge in [-0.2, -0.15) is 0 Å². The molecular weight excluding hydrogens is 368 g/mol. The number of anilines is 1. The number of carbonyl (C=O) groups is 2. The van der Waals surface area contributed by atoms with Crippen molar-refractivity contribution in [1.29, 1.82) is 0 Å². The third kappa shape index (κ3) is 6.98. The van der Waals surface area contributed by atoms with Crippen LogP contribution in [0.3, 0.4) is 0 Å². The number of thioether (sulfide) groups is 1. The summed E-state index contributed by atoms with van der Waals surface area (Å²) < 4.78 is 5.10. The molecule has 27 heavy (non-hydrogen) atoms. The molecule has 1 heterocycles. The number of ether oxygens (including phenoxy) is 1. The minimum absolute atomic E-state index is 0.0265. The van der Waals surface area contributed by atoms with Gasteiger partial charge in [-0.05, 0) is 12.1 Å². The number of methoxy groups -OCH3 is 1. The molecule has 8 nitrogen and oxygen atoms in total. The Labute approximate surface area is 160 Å². The minimum Gasteiger partial charge on any atom is -0.497 e. The van der Waals surface area contributed by atoms with Crippen LogP contribution in [-0.2, 0) is 16.0 Å². The molecule has 0 saturated heterocycles. The minimum atomic E-state index is -0.382. The zero-order chi connectivity index (χ0) is 19.6. The topological polar surface area (TPSA) is 113 Å². The number of hydrogen-bond acceptors (Lipinski definition) is 6. The van der Waals surface area contributed by atoms with Gasteiger partial charge in [-0.3, -0.25) is 14.4 Å². The molecule has 0 bridgehead atoms. The molecular formula is C18H20N4O4S. The van der Waals surface area contributed by atoms with Crippen molar-refractivity contribution in [1.82, 2.24) is 15.3 Å². The van der Waals surface area contributed by atoms with E-state index in [1.54, 1.807) is 37.5 Å². The van der Waals surface area contributed by atoms with E-state index in [0.717, 1.165) is 11.8 Å². The van der Waals surface area contributed by atoms with E-state index in [-0.39, 0.29) is 34.7 Å². The third-order valence-electron chi connectivity index (χ3n) is 3.25. The molecule has 9 heteroatoms. The van der Waals surface area contributed by atoms with Crippen molar-refractivity contribution in [2.45, 2.75) is 11.6 Å². The number of amides is 2. The third-order valence-corrected chi connectivity index (χ3v) is 4.13. The van der Waals surface area contributed by atoms with Crippen LogP contribution < -0.4 is 20.9 Å². The van der Waals surface area contributed by atoms with Crippen LogP contribution in [0.15, 0.2) is 52.9 Å². The SMILES string of the molecule is C=CCNC(=O)Cc1cc(=O)[nH]c(SCC(=O)Nc2cccc(OC)c2)n1. The highest BCUT2D eigenvalue weighted by molar-refractivity contribution is 7.99. The van der Waals surface area contributed by atoms with Gasteiger partial charge in [0, 0.05) is 24.4 Å². The molecule has 0 spiro atoms. The average molecular weight is 388 g/mol. The number of benzene rings is 1. The lowest BCUT2D eigenvalue weighted by molar-refractivity contribution is -0.120. The highest BCUT2D eigenvalue weighted by Crippen LogP contribution is 2.18. The van der Waals surface area contributed by atoms with Gasteiger partial charge in [-0.25, -0.2) is 4.98 Å². The highest BCUT2D eigenvalue weighted by atomic mass is 32.2. The number of nitrogens with one attached hydrogen (secondary N) is 3. The first-order chi connectivity index (χ1) is 13.0. The van der Waals surface area contributed by atoms with Gasteiger partial charge >= 0.3 is 0 Å². The molecule has 0 unspecified atom stereocenters. The maximum absolute atomic E-state index is 12.1. The van der Waals surface area contributed by atoms with Crippen LogP contribution in [-0.4, -0.2) is 41.2 Å². The van der Waals surface area contributed by atoms with Crippen LogP contribution in [0.1, 0.15) is 5.69 Å². The Hall–Kier alpha value is -3.07. The fraction of sp³-hybridized carbons (Fsp3) is 0.222. The van der Waals surface area contributed by atoms with Crippen molar-refractivity contribution in [2.24, 2.45) is 0 Å². The number of H-pyrrole nitrogens is 1. The Morgan fingerprint density at radius 2 is 2.15 bits per heavy atom. The monoisotopic (exact) mass is 388 g/mol. The van der Waals surface area contributed by atoms with E-state index in [4.69, 9.17) is 4.74 Å². The molecule has 0 saturated carbocycles. The zero-order valence-corrected chi connectivity index (χ0v) is 15.6. The van der Waals surface area contributed by atoms with Crippen molar-refractivity contribution >= 4 is 29.3 Å². The lowest BCUT2D eigenvalue weighted by Gasteiger charge is -2.07. The predicted octanol–water partition coefficient (Wildman–Crippen LogP) is 1.35. The first-order valence-electron chi connectivity index (χ1n) is 8.04. The molecule has 142 valence electrons. The van der Waals surface area contributed by atoms with E-state index in [1.165, 1.54) is 6.07 Å². The number of hydrogen-bond donors (Lipinski definition) is 3. The standard InChI is InChI=1S/C18H20N4O4S/c1-3-7-19-15(23)9-13-10-16(24)22-18(21-13)27-11-17(25)20-12-5-4-6-14(8-12)26-2/h3-6,8,10H,1,7,9,11H2,2H3,(H,19,23)(H,20,25)(H,21,22,24). The van der Waals surface area contributed by atoms with Crippen LogP contribution in [0, 0.1) is 0 Å². The van der Waals surface area contributed by atoms with E-state index >= 15 is 0 Å². The number of carbonyl (C=O) groups excluding carboxylic acids is 2. The summed E-state index contributed by atoms with van der Waals surface area (Å²) in [4.78, 5) is 42.3. The van der Waals surface area contributed by atoms with E-state index in [9.17, 15) is 14.4 Å². The zero-order valence-electron chi connectivity index (χ0n) is 14.8. The molecule has 1 aromatic heterocycles. The predicted molar refractivity (Wildman–Crippen MR) is 104 cm³/mol. The van der Waals surface area contributed by atoms with Crippen molar-refractivity contribution in [3.05, 3.63) is 59.0 Å². The average Bonchev–Trinajstić information content (AvgIpc) is 2.64. The van der Waals surface area contributed by atoms with E-state index in [1.807, 2.05) is 0 Å². The maximum Gasteiger partial charge on any atom is 0.251 e. The Morgan fingerprint density at radius 1 is 1.33 bits per heavy atom. The smallest absolute Gasteiger partial charge is 0.251 e. The summed E-state index contributed by atoms with van der Waals surface area (Å²) >= 11 is 1.07. The van der Waals surface area contributed by atoms with Crippen LogP contribution in [0.4, 0.5) is 5.69 Å². The molecule has 1 aromatic carbocycles. The van der Waals surface area contributed by atoms with Gasteiger partial charge in [0.15, 0.2) is 5.16 Å². The van der Waals surface area contributed by atoms with Crippen molar-refractivity contribution < 1.29 is 14.3 Å². The van der Waals surface area contributed by atoms with Crippen LogP contribution in [0.2, 0.25) is 0 Å². The molecule has 2 aromatic rings. The van der Waals surface area contributed by atoms with Crippen LogP contribution >= 0.6 is 11.8 Å². The van der Waals surface area contributed by atoms with Gasteiger partial charge in [0.1, 0.15) is 5.75 Å². The Kier molecular flexibility index (Phi) is 7.63. The van der Waals surface area contributed by atoms with Gasteiger partial charge in [0.25, 0.3) is 5.56 Å². The summed E-state index contributed by atoms with van der Waals surface area (Å²) in [5.41, 5.74) is 0.553. The fourth-order valence-electron chi connectivity index (χ4n) is 2.09. The lowest BCUT2D eigenvalue weighted by Crippen LogP contribution is -2.26. The van der Waals surface area contributed by atoms with Gasteiger partial charge in [-0.15, -0.1) is 6.58 Å². The number of aromatic nitrogens is 2. The van der Waals surface area contributed by atoms with Crippen LogP contribution in [0.5, 0.6) is 5.75 Å². The molecule has 0 aliphatic heterocycles. The van der Waals surface area contributed by atoms with E-state index in [2.05, 4.69) is 27.2 Å². The highest BCUT2D eigenvalue weighted by Gasteiger charge is 2.10. The normalized spacial score (nSPS) is 10.1. The van der Waals surface area contributed by atoms with E-state index < -0.39 is 0 Å². The summed E-state index contributed by atoms with van der Waals surface area (Å²) in [6, 6.07) is 8.24. The molecule has 3 N–H and O–H groups in total. The summed E-state index contributed by atoms with van der Waals surface area (Å²) in [6.45, 7) is 3.86. The first-order valence-corrected chi connectivity index (χ1v) is 9.03. The quantitative estimate of drug-likeness (QED) is 0.340. The maximum atomic E-state index is 12.1. The van der Waals surface area contributed by atoms with Gasteiger partial charge in [0.05, 0.1) is 25.0 Å². The summed E-state index contributed by atoms with van der Waals surface area (Å²) in [7, 11) is 1.55. The van der Waals surface area contributed by atoms with Gasteiger partial charge < -0.3 is 20.4 Å². The number of aromatic amines is 1. The van der Waals surface area contributed by atoms with Crippen molar-refractivity contribution in [3.63, 3.8) is 0 Å². The molecule has 0 aliphatic rings. The Balaban J connectivity index is 1.94. The van der Waals surface area contributed by atoms with Gasteiger partial charge in [-0.1, -0.05) is 23.9 Å². The molecule has 0 fully saturated rings. The second-order valence-corrected chi connectivity index (χ2v) is 6.34. The molecule has 0 radical (unpaired) electrons. The molecule has 2 rings (SSSR count). The second kappa shape index (κ2) is 10.2. The summed E-state index contributed by atoms with van der Waals surface area (Å²) in [5, 5.41) is 5.63. The van der Waals surface area contributed by atoms with Crippen LogP contribution in [0.25, 0.3) is 0 Å². The number of rotatable bonds is 9. The second-order valence-electron chi connectivity index (χ2n) is 5.38. The summed E-state index contributed by atoms with van der Waals surface area (Å²) in [6.07, 6.45) is 1.53. The Bertz CT molecular complexity index is 882. The van der Waals surface area contributed by atoms with E-state index in [0.29, 0.717) is 23.7 Å². The Morgan fingerprint density at radius 3 is 2.89 bits per heavy atom. The van der Waals surface area contributed by atoms with Gasteiger partial charge in [0.2, 0.25) is 11.8 Å². The molecule has 2 amide bonds. The number of nitrogens with zero attached hydrogens (tertiary/aromatic N) is 1. The first kappa shape index (κ1) is 20.2. The van der Waals surface area contributed by atoms with Crippen molar-refractivity contribution in [2.75, 3.05) is 24.7 Å². The summed E-state index contributed by atoms with van der Waals surface area (Å²) in [5.74, 6) is 0.158. The van der Waals surface area contributed by atoms with Crippen molar-refractivity contribution in [3.8, 4) is 5.75 Å². The molecule has 0 atom stereocenters. The fourth-order valence-corrected chi connectivity index (χ4v) is 2.78. The largest absolute Gasteiger partial charge is 0.497 e.